The highest BCUT2D eigenvalue weighted by Gasteiger charge is 2.44. The van der Waals surface area contributed by atoms with Gasteiger partial charge < -0.3 is 5.11 Å². The number of rotatable bonds is 3. The van der Waals surface area contributed by atoms with Crippen molar-refractivity contribution in [1.82, 2.24) is 0 Å². The normalized spacial score (nSPS) is 17.8. The van der Waals surface area contributed by atoms with Crippen molar-refractivity contribution in [3.8, 4) is 0 Å². The van der Waals surface area contributed by atoms with Crippen LogP contribution in [0.3, 0.4) is 0 Å². The fraction of sp³-hybridized carbons (Fsp3) is 0.333. The number of sulfone groups is 1. The minimum absolute atomic E-state index is 0.363. The summed E-state index contributed by atoms with van der Waals surface area (Å²) in [5, 5.41) is 10.4. The number of aliphatic hydroxyl groups excluding tert-OH is 1. The van der Waals surface area contributed by atoms with Crippen molar-refractivity contribution in [1.29, 1.82) is 0 Å². The number of aliphatic hydroxyl groups is 1. The smallest absolute Gasteiger partial charge is 0.228 e. The first-order valence-corrected chi connectivity index (χ1v) is 7.61. The summed E-state index contributed by atoms with van der Waals surface area (Å²) in [5.41, 5.74) is 0.363. The first-order valence-electron chi connectivity index (χ1n) is 4.17. The molecule has 1 aromatic rings. The molecule has 0 radical (unpaired) electrons. The molecule has 0 aliphatic heterocycles. The van der Waals surface area contributed by atoms with Crippen LogP contribution in [0.1, 0.15) is 11.7 Å². The van der Waals surface area contributed by atoms with Gasteiger partial charge in [0.15, 0.2) is 9.84 Å². The Labute approximate surface area is 112 Å². The quantitative estimate of drug-likeness (QED) is 0.855. The van der Waals surface area contributed by atoms with Crippen LogP contribution < -0.4 is 0 Å². The van der Waals surface area contributed by atoms with Crippen LogP contribution in [0.2, 0.25) is 5.02 Å². The van der Waals surface area contributed by atoms with Crippen LogP contribution in [0.4, 0.5) is 0 Å². The summed E-state index contributed by atoms with van der Waals surface area (Å²) in [6, 6.07) is 6.11. The number of hydrogen-bond acceptors (Lipinski definition) is 3. The second-order valence-corrected chi connectivity index (χ2v) is 8.97. The third kappa shape index (κ3) is 2.90. The zero-order valence-corrected chi connectivity index (χ0v) is 12.1. The molecule has 0 saturated carbocycles. The molecule has 0 unspecified atom stereocenters. The Morgan fingerprint density at radius 3 is 2.19 bits per heavy atom. The maximum Gasteiger partial charge on any atom is 0.228 e. The molecule has 0 saturated heterocycles. The maximum absolute atomic E-state index is 11.4. The van der Waals surface area contributed by atoms with E-state index in [0.29, 0.717) is 10.6 Å². The zero-order valence-electron chi connectivity index (χ0n) is 8.19. The van der Waals surface area contributed by atoms with E-state index in [1.54, 1.807) is 12.1 Å². The van der Waals surface area contributed by atoms with Gasteiger partial charge in [-0.2, -0.15) is 0 Å². The predicted molar refractivity (Wildman–Crippen MR) is 68.8 cm³/mol. The molecule has 0 aliphatic carbocycles. The summed E-state index contributed by atoms with van der Waals surface area (Å²) >= 11 is 14.3. The molecule has 3 nitrogen and oxygen atoms in total. The van der Waals surface area contributed by atoms with Crippen LogP contribution in [-0.2, 0) is 9.84 Å². The standard InChI is InChI=1S/C9H9BrCl2O3S/c1-16(14,15)9(10,12)8(13)6-2-4-7(11)5-3-6/h2-5,8,13H,1H3/t8-,9-/m1/s1. The van der Waals surface area contributed by atoms with Gasteiger partial charge in [-0.1, -0.05) is 35.3 Å². The van der Waals surface area contributed by atoms with E-state index in [4.69, 9.17) is 23.2 Å². The minimum atomic E-state index is -3.66. The summed E-state index contributed by atoms with van der Waals surface area (Å²) in [6.07, 6.45) is -0.449. The Bertz CT molecular complexity index is 470. The van der Waals surface area contributed by atoms with Gasteiger partial charge in [-0.3, -0.25) is 0 Å². The third-order valence-corrected chi connectivity index (χ3v) is 6.71. The molecular formula is C9H9BrCl2O3S. The van der Waals surface area contributed by atoms with Gasteiger partial charge in [0, 0.05) is 11.3 Å². The van der Waals surface area contributed by atoms with E-state index in [1.807, 2.05) is 0 Å². The van der Waals surface area contributed by atoms with Crippen molar-refractivity contribution in [2.45, 2.75) is 9.22 Å². The van der Waals surface area contributed by atoms with Gasteiger partial charge in [0.05, 0.1) is 0 Å². The molecule has 0 bridgehead atoms. The molecule has 0 spiro atoms. The first kappa shape index (κ1) is 14.3. The first-order chi connectivity index (χ1) is 7.16. The molecule has 7 heteroatoms. The van der Waals surface area contributed by atoms with Crippen LogP contribution in [0.5, 0.6) is 0 Å². The lowest BCUT2D eigenvalue weighted by Gasteiger charge is -2.24. The highest BCUT2D eigenvalue weighted by molar-refractivity contribution is 9.12. The van der Waals surface area contributed by atoms with E-state index in [1.165, 1.54) is 12.1 Å². The monoisotopic (exact) mass is 346 g/mol. The maximum atomic E-state index is 11.4. The fourth-order valence-corrected chi connectivity index (χ4v) is 2.10. The minimum Gasteiger partial charge on any atom is -0.385 e. The van der Waals surface area contributed by atoms with E-state index in [-0.39, 0.29) is 0 Å². The van der Waals surface area contributed by atoms with E-state index >= 15 is 0 Å². The Balaban J connectivity index is 3.12. The highest BCUT2D eigenvalue weighted by Crippen LogP contribution is 2.42. The predicted octanol–water partition coefficient (Wildman–Crippen LogP) is 2.71. The zero-order chi connectivity index (χ0) is 12.6. The van der Waals surface area contributed by atoms with Gasteiger partial charge in [-0.15, -0.1) is 0 Å². The largest absolute Gasteiger partial charge is 0.385 e. The van der Waals surface area contributed by atoms with E-state index in [9.17, 15) is 13.5 Å². The SMILES string of the molecule is CS(=O)(=O)[C@@](Cl)(Br)[C@H](O)c1ccc(Cl)cc1. The lowest BCUT2D eigenvalue weighted by atomic mass is 10.1. The van der Waals surface area contributed by atoms with Gasteiger partial charge in [-0.05, 0) is 33.6 Å². The Morgan fingerprint density at radius 2 is 1.81 bits per heavy atom. The topological polar surface area (TPSA) is 54.4 Å². The van der Waals surface area contributed by atoms with Crippen molar-refractivity contribution in [3.63, 3.8) is 0 Å². The van der Waals surface area contributed by atoms with Crippen molar-refractivity contribution < 1.29 is 13.5 Å². The third-order valence-electron chi connectivity index (χ3n) is 2.00. The lowest BCUT2D eigenvalue weighted by Crippen LogP contribution is -2.32. The number of hydrogen-bond donors (Lipinski definition) is 1. The molecular weight excluding hydrogens is 339 g/mol. The van der Waals surface area contributed by atoms with Crippen molar-refractivity contribution in [2.24, 2.45) is 0 Å². The van der Waals surface area contributed by atoms with Crippen LogP contribution in [-0.4, -0.2) is 22.9 Å². The highest BCUT2D eigenvalue weighted by atomic mass is 79.9. The van der Waals surface area contributed by atoms with Gasteiger partial charge in [0.2, 0.25) is 3.12 Å². The molecule has 1 N–H and O–H groups in total. The molecule has 0 aliphatic rings. The molecule has 1 aromatic carbocycles. The molecule has 16 heavy (non-hydrogen) atoms. The molecule has 1 rings (SSSR count). The van der Waals surface area contributed by atoms with Crippen LogP contribution in [0.25, 0.3) is 0 Å². The van der Waals surface area contributed by atoms with Gasteiger partial charge in [0.1, 0.15) is 6.10 Å². The van der Waals surface area contributed by atoms with Crippen LogP contribution >= 0.6 is 39.1 Å². The molecule has 0 fully saturated rings. The molecule has 90 valence electrons. The second kappa shape index (κ2) is 4.82. The van der Waals surface area contributed by atoms with E-state index in [0.717, 1.165) is 6.26 Å². The number of alkyl halides is 2. The summed E-state index contributed by atoms with van der Waals surface area (Å²) in [5.74, 6) is 0. The summed E-state index contributed by atoms with van der Waals surface area (Å²) in [6.45, 7) is 0. The van der Waals surface area contributed by atoms with Crippen LogP contribution in [0.15, 0.2) is 24.3 Å². The van der Waals surface area contributed by atoms with E-state index < -0.39 is 19.1 Å². The van der Waals surface area contributed by atoms with E-state index in [2.05, 4.69) is 15.9 Å². The fourth-order valence-electron chi connectivity index (χ4n) is 1.04. The Morgan fingerprint density at radius 1 is 1.38 bits per heavy atom. The Hall–Kier alpha value is 0.190. The average Bonchev–Trinajstić information content (AvgIpc) is 2.16. The summed E-state index contributed by atoms with van der Waals surface area (Å²) < 4.78 is 20.8. The molecule has 0 aromatic heterocycles. The number of halogens is 3. The second-order valence-electron chi connectivity index (χ2n) is 3.29. The lowest BCUT2D eigenvalue weighted by molar-refractivity contribution is 0.185. The van der Waals surface area contributed by atoms with Crippen molar-refractivity contribution in [2.75, 3.05) is 6.26 Å². The van der Waals surface area contributed by atoms with Gasteiger partial charge >= 0.3 is 0 Å². The van der Waals surface area contributed by atoms with Crippen LogP contribution in [0, 0.1) is 0 Å². The van der Waals surface area contributed by atoms with Crippen molar-refractivity contribution in [3.05, 3.63) is 34.9 Å². The Kier molecular flexibility index (Phi) is 4.29. The van der Waals surface area contributed by atoms with Gasteiger partial charge in [0.25, 0.3) is 0 Å². The van der Waals surface area contributed by atoms with Crippen molar-refractivity contribution >= 4 is 49.0 Å². The number of benzene rings is 1. The summed E-state index contributed by atoms with van der Waals surface area (Å²) in [7, 11) is -3.66. The molecule has 2 atom stereocenters. The summed E-state index contributed by atoms with van der Waals surface area (Å²) in [4.78, 5) is 0. The molecule has 0 amide bonds. The van der Waals surface area contributed by atoms with Gasteiger partial charge in [-0.25, -0.2) is 8.42 Å². The average molecular weight is 348 g/mol. The molecule has 0 heterocycles.